The van der Waals surface area contributed by atoms with Gasteiger partial charge in [0.1, 0.15) is 5.38 Å². The molecule has 0 aromatic rings. The lowest BCUT2D eigenvalue weighted by Crippen LogP contribution is -2.48. The number of rotatable bonds is 2. The number of amides is 1. The fraction of sp³-hybridized carbons (Fsp3) is 0.889. The summed E-state index contributed by atoms with van der Waals surface area (Å²) in [6.07, 6.45) is 0.699. The Labute approximate surface area is 87.2 Å². The van der Waals surface area contributed by atoms with Crippen molar-refractivity contribution in [2.45, 2.75) is 37.5 Å². The van der Waals surface area contributed by atoms with E-state index in [2.05, 4.69) is 0 Å². The molecule has 0 aliphatic carbocycles. The number of nitrogens with zero attached hydrogens (tertiary/aromatic N) is 1. The Hall–Kier alpha value is -0.380. The van der Waals surface area contributed by atoms with Gasteiger partial charge >= 0.3 is 0 Å². The normalized spacial score (nSPS) is 23.3. The van der Waals surface area contributed by atoms with Gasteiger partial charge in [0.25, 0.3) is 5.92 Å². The van der Waals surface area contributed by atoms with E-state index in [1.54, 1.807) is 6.92 Å². The van der Waals surface area contributed by atoms with Crippen LogP contribution in [0.5, 0.6) is 0 Å². The maximum absolute atomic E-state index is 12.9. The summed E-state index contributed by atoms with van der Waals surface area (Å²) in [7, 11) is 0. The molecule has 82 valence electrons. The van der Waals surface area contributed by atoms with Crippen LogP contribution in [0.15, 0.2) is 0 Å². The molecule has 1 heterocycles. The van der Waals surface area contributed by atoms with Gasteiger partial charge in [0.15, 0.2) is 0 Å². The molecular weight excluding hydrogens is 212 g/mol. The van der Waals surface area contributed by atoms with Crippen molar-refractivity contribution in [3.8, 4) is 0 Å². The van der Waals surface area contributed by atoms with E-state index in [1.165, 1.54) is 4.90 Å². The lowest BCUT2D eigenvalue weighted by atomic mass is 10.1. The second kappa shape index (κ2) is 4.43. The number of likely N-dealkylation sites (tertiary alicyclic amines) is 1. The van der Waals surface area contributed by atoms with Crippen LogP contribution in [0.4, 0.5) is 8.78 Å². The van der Waals surface area contributed by atoms with Crippen molar-refractivity contribution in [2.24, 2.45) is 0 Å². The van der Waals surface area contributed by atoms with Crippen molar-refractivity contribution in [1.82, 2.24) is 4.90 Å². The average Bonchev–Trinajstić information content (AvgIpc) is 2.14. The topological polar surface area (TPSA) is 20.3 Å². The van der Waals surface area contributed by atoms with Crippen molar-refractivity contribution in [3.63, 3.8) is 0 Å². The van der Waals surface area contributed by atoms with Crippen LogP contribution in [0.2, 0.25) is 0 Å². The highest BCUT2D eigenvalue weighted by molar-refractivity contribution is 6.30. The highest BCUT2D eigenvalue weighted by Crippen LogP contribution is 2.27. The number of piperidine rings is 1. The molecular formula is C9H14ClF2NO. The van der Waals surface area contributed by atoms with Gasteiger partial charge in [0.2, 0.25) is 5.91 Å². The van der Waals surface area contributed by atoms with Crippen LogP contribution in [0, 0.1) is 0 Å². The number of alkyl halides is 3. The highest BCUT2D eigenvalue weighted by Gasteiger charge is 2.38. The Morgan fingerprint density at radius 1 is 1.64 bits per heavy atom. The van der Waals surface area contributed by atoms with Crippen LogP contribution >= 0.6 is 11.6 Å². The zero-order valence-electron chi connectivity index (χ0n) is 8.10. The number of carbonyl (C=O) groups excluding carboxylic acids is 1. The summed E-state index contributed by atoms with van der Waals surface area (Å²) in [6.45, 7) is 1.68. The van der Waals surface area contributed by atoms with Gasteiger partial charge < -0.3 is 4.90 Å². The minimum Gasteiger partial charge on any atom is -0.335 e. The number of carbonyl (C=O) groups is 1. The molecule has 1 rings (SSSR count). The van der Waals surface area contributed by atoms with Gasteiger partial charge in [-0.05, 0) is 12.8 Å². The second-order valence-electron chi connectivity index (χ2n) is 3.60. The Kier molecular flexibility index (Phi) is 3.70. The zero-order chi connectivity index (χ0) is 10.8. The van der Waals surface area contributed by atoms with Gasteiger partial charge in [-0.3, -0.25) is 4.79 Å². The molecule has 5 heteroatoms. The Bertz CT molecular complexity index is 223. The van der Waals surface area contributed by atoms with Crippen molar-refractivity contribution in [2.75, 3.05) is 13.1 Å². The minimum atomic E-state index is -2.74. The van der Waals surface area contributed by atoms with E-state index in [1.807, 2.05) is 0 Å². The van der Waals surface area contributed by atoms with Gasteiger partial charge in [-0.25, -0.2) is 8.78 Å². The van der Waals surface area contributed by atoms with Gasteiger partial charge in [0, 0.05) is 13.0 Å². The van der Waals surface area contributed by atoms with Crippen LogP contribution in [-0.2, 0) is 4.79 Å². The maximum Gasteiger partial charge on any atom is 0.265 e. The van der Waals surface area contributed by atoms with E-state index < -0.39 is 17.8 Å². The zero-order valence-corrected chi connectivity index (χ0v) is 8.86. The Morgan fingerprint density at radius 2 is 2.29 bits per heavy atom. The molecule has 1 unspecified atom stereocenters. The molecule has 1 saturated heterocycles. The molecule has 2 nitrogen and oxygen atoms in total. The molecule has 0 aromatic heterocycles. The third-order valence-electron chi connectivity index (χ3n) is 2.33. The molecule has 1 aliphatic rings. The fourth-order valence-corrected chi connectivity index (χ4v) is 1.66. The molecule has 14 heavy (non-hydrogen) atoms. The molecule has 0 bridgehead atoms. The maximum atomic E-state index is 12.9. The van der Waals surface area contributed by atoms with E-state index in [-0.39, 0.29) is 12.3 Å². The van der Waals surface area contributed by atoms with E-state index in [4.69, 9.17) is 11.6 Å². The van der Waals surface area contributed by atoms with Gasteiger partial charge in [-0.15, -0.1) is 11.6 Å². The quantitative estimate of drug-likeness (QED) is 0.661. The van der Waals surface area contributed by atoms with E-state index >= 15 is 0 Å². The molecule has 1 amide bonds. The van der Waals surface area contributed by atoms with Crippen LogP contribution < -0.4 is 0 Å². The lowest BCUT2D eigenvalue weighted by molar-refractivity contribution is -0.141. The SMILES string of the molecule is CCC(Cl)C(=O)N1CCCC(F)(F)C1. The molecule has 0 N–H and O–H groups in total. The Balaban J connectivity index is 2.56. The van der Waals surface area contributed by atoms with Crippen molar-refractivity contribution in [1.29, 1.82) is 0 Å². The third-order valence-corrected chi connectivity index (χ3v) is 2.83. The molecule has 1 aliphatic heterocycles. The van der Waals surface area contributed by atoms with Crippen LogP contribution in [-0.4, -0.2) is 35.2 Å². The summed E-state index contributed by atoms with van der Waals surface area (Å²) in [6, 6.07) is 0. The third kappa shape index (κ3) is 2.80. The summed E-state index contributed by atoms with van der Waals surface area (Å²) in [5.41, 5.74) is 0. The first-order valence-electron chi connectivity index (χ1n) is 4.77. The first kappa shape index (κ1) is 11.7. The van der Waals surface area contributed by atoms with Gasteiger partial charge in [-0.2, -0.15) is 0 Å². The van der Waals surface area contributed by atoms with Crippen LogP contribution in [0.25, 0.3) is 0 Å². The summed E-state index contributed by atoms with van der Waals surface area (Å²) < 4.78 is 25.9. The summed E-state index contributed by atoms with van der Waals surface area (Å²) >= 11 is 5.71. The molecule has 0 aromatic carbocycles. The number of halogens is 3. The molecule has 0 saturated carbocycles. The van der Waals surface area contributed by atoms with Crippen molar-refractivity contribution >= 4 is 17.5 Å². The first-order valence-corrected chi connectivity index (χ1v) is 5.20. The monoisotopic (exact) mass is 225 g/mol. The minimum absolute atomic E-state index is 0.129. The Morgan fingerprint density at radius 3 is 2.79 bits per heavy atom. The standard InChI is InChI=1S/C9H14ClF2NO/c1-2-7(10)8(14)13-5-3-4-9(11,12)6-13/h7H,2-6H2,1H3. The van der Waals surface area contributed by atoms with Crippen molar-refractivity contribution in [3.05, 3.63) is 0 Å². The number of hydrogen-bond donors (Lipinski definition) is 0. The lowest BCUT2D eigenvalue weighted by Gasteiger charge is -2.33. The van der Waals surface area contributed by atoms with E-state index in [9.17, 15) is 13.6 Å². The largest absolute Gasteiger partial charge is 0.335 e. The van der Waals surface area contributed by atoms with E-state index in [0.29, 0.717) is 19.4 Å². The summed E-state index contributed by atoms with van der Waals surface area (Å²) in [5.74, 6) is -3.10. The van der Waals surface area contributed by atoms with Crippen LogP contribution in [0.3, 0.4) is 0 Å². The van der Waals surface area contributed by atoms with Gasteiger partial charge in [-0.1, -0.05) is 6.92 Å². The predicted molar refractivity (Wildman–Crippen MR) is 50.7 cm³/mol. The predicted octanol–water partition coefficient (Wildman–Crippen LogP) is 2.26. The van der Waals surface area contributed by atoms with Crippen molar-refractivity contribution < 1.29 is 13.6 Å². The fourth-order valence-electron chi connectivity index (χ4n) is 1.53. The molecule has 0 radical (unpaired) electrons. The molecule has 1 fully saturated rings. The van der Waals surface area contributed by atoms with Gasteiger partial charge in [0.05, 0.1) is 6.54 Å². The number of hydrogen-bond acceptors (Lipinski definition) is 1. The smallest absolute Gasteiger partial charge is 0.265 e. The second-order valence-corrected chi connectivity index (χ2v) is 4.12. The highest BCUT2D eigenvalue weighted by atomic mass is 35.5. The average molecular weight is 226 g/mol. The van der Waals surface area contributed by atoms with Crippen LogP contribution in [0.1, 0.15) is 26.2 Å². The molecule has 0 spiro atoms. The first-order chi connectivity index (χ1) is 6.46. The molecule has 1 atom stereocenters. The van der Waals surface area contributed by atoms with E-state index in [0.717, 1.165) is 0 Å². The summed E-state index contributed by atoms with van der Waals surface area (Å²) in [5, 5.41) is -0.663. The summed E-state index contributed by atoms with van der Waals surface area (Å²) in [4.78, 5) is 12.6.